The van der Waals surface area contributed by atoms with Gasteiger partial charge in [-0.25, -0.2) is 0 Å². The van der Waals surface area contributed by atoms with E-state index in [0.717, 1.165) is 25.0 Å². The molecule has 1 amide bonds. The molecular weight excluding hydrogens is 320 g/mol. The number of rotatable bonds is 4. The average Bonchev–Trinajstić information content (AvgIpc) is 3.04. The number of amidine groups is 1. The molecule has 2 aliphatic heterocycles. The van der Waals surface area contributed by atoms with E-state index in [4.69, 9.17) is 9.47 Å². The minimum atomic E-state index is -1.15. The number of aliphatic imine (C=N–C) groups is 1. The highest BCUT2D eigenvalue weighted by molar-refractivity contribution is 5.96. The molecule has 0 bridgehead atoms. The molecule has 3 atom stereocenters. The van der Waals surface area contributed by atoms with Gasteiger partial charge in [-0.3, -0.25) is 9.69 Å². The van der Waals surface area contributed by atoms with Gasteiger partial charge in [0.05, 0.1) is 12.5 Å². The van der Waals surface area contributed by atoms with Crippen molar-refractivity contribution in [1.29, 1.82) is 0 Å². The second-order valence-electron chi connectivity index (χ2n) is 7.07. The third kappa shape index (κ3) is 2.88. The SMILES string of the molecule is CCc1ccc(OCC2CN3C(=NC(=O)C4CCCCC43O)O2)cc1. The molecule has 0 radical (unpaired) electrons. The van der Waals surface area contributed by atoms with E-state index in [1.807, 2.05) is 24.3 Å². The lowest BCUT2D eigenvalue weighted by molar-refractivity contribution is -0.162. The van der Waals surface area contributed by atoms with Gasteiger partial charge in [0.2, 0.25) is 0 Å². The van der Waals surface area contributed by atoms with Crippen molar-refractivity contribution in [3.63, 3.8) is 0 Å². The number of benzene rings is 1. The first kappa shape index (κ1) is 16.4. The van der Waals surface area contributed by atoms with Gasteiger partial charge in [0.25, 0.3) is 11.9 Å². The monoisotopic (exact) mass is 344 g/mol. The molecule has 3 unspecified atom stereocenters. The zero-order chi connectivity index (χ0) is 17.4. The maximum atomic E-state index is 12.2. The van der Waals surface area contributed by atoms with E-state index in [9.17, 15) is 9.90 Å². The second kappa shape index (κ2) is 6.33. The number of carbonyl (C=O) groups is 1. The first-order valence-electron chi connectivity index (χ1n) is 9.11. The molecule has 25 heavy (non-hydrogen) atoms. The van der Waals surface area contributed by atoms with Crippen LogP contribution in [0.15, 0.2) is 29.3 Å². The van der Waals surface area contributed by atoms with Crippen LogP contribution in [0.3, 0.4) is 0 Å². The Morgan fingerprint density at radius 1 is 1.36 bits per heavy atom. The van der Waals surface area contributed by atoms with Crippen molar-refractivity contribution in [3.05, 3.63) is 29.8 Å². The third-order valence-electron chi connectivity index (χ3n) is 5.47. The Hall–Kier alpha value is -2.08. The summed E-state index contributed by atoms with van der Waals surface area (Å²) >= 11 is 0. The summed E-state index contributed by atoms with van der Waals surface area (Å²) in [4.78, 5) is 18.1. The molecule has 2 fully saturated rings. The van der Waals surface area contributed by atoms with Crippen LogP contribution < -0.4 is 4.74 Å². The zero-order valence-electron chi connectivity index (χ0n) is 14.5. The summed E-state index contributed by atoms with van der Waals surface area (Å²) in [5, 5.41) is 11.1. The van der Waals surface area contributed by atoms with Crippen LogP contribution in [-0.4, -0.2) is 46.9 Å². The molecular formula is C19H24N2O4. The predicted molar refractivity (Wildman–Crippen MR) is 92.2 cm³/mol. The Morgan fingerprint density at radius 3 is 2.92 bits per heavy atom. The van der Waals surface area contributed by atoms with Gasteiger partial charge >= 0.3 is 0 Å². The van der Waals surface area contributed by atoms with Gasteiger partial charge in [-0.05, 0) is 43.4 Å². The van der Waals surface area contributed by atoms with Crippen molar-refractivity contribution in [2.24, 2.45) is 10.9 Å². The van der Waals surface area contributed by atoms with Crippen LogP contribution in [0, 0.1) is 5.92 Å². The van der Waals surface area contributed by atoms with Crippen molar-refractivity contribution in [3.8, 4) is 5.75 Å². The van der Waals surface area contributed by atoms with Gasteiger partial charge in [-0.2, -0.15) is 4.99 Å². The molecule has 1 aliphatic carbocycles. The molecule has 6 heteroatoms. The average molecular weight is 344 g/mol. The van der Waals surface area contributed by atoms with E-state index >= 15 is 0 Å². The normalized spacial score (nSPS) is 31.0. The fraction of sp³-hybridized carbons (Fsp3) is 0.579. The highest BCUT2D eigenvalue weighted by atomic mass is 16.6. The topological polar surface area (TPSA) is 71.4 Å². The number of amides is 1. The van der Waals surface area contributed by atoms with Crippen molar-refractivity contribution < 1.29 is 19.4 Å². The Bertz CT molecular complexity index is 687. The molecule has 1 saturated carbocycles. The van der Waals surface area contributed by atoms with Crippen LogP contribution in [-0.2, 0) is 16.0 Å². The van der Waals surface area contributed by atoms with Crippen LogP contribution in [0.2, 0.25) is 0 Å². The molecule has 3 aliphatic rings. The van der Waals surface area contributed by atoms with E-state index in [2.05, 4.69) is 11.9 Å². The van der Waals surface area contributed by atoms with E-state index in [1.54, 1.807) is 4.90 Å². The number of ether oxygens (including phenoxy) is 2. The van der Waals surface area contributed by atoms with Crippen LogP contribution in [0.4, 0.5) is 0 Å². The highest BCUT2D eigenvalue weighted by Gasteiger charge is 2.55. The molecule has 134 valence electrons. The second-order valence-corrected chi connectivity index (χ2v) is 7.07. The quantitative estimate of drug-likeness (QED) is 0.906. The van der Waals surface area contributed by atoms with Crippen molar-refractivity contribution in [1.82, 2.24) is 4.90 Å². The minimum absolute atomic E-state index is 0.248. The zero-order valence-corrected chi connectivity index (χ0v) is 14.5. The van der Waals surface area contributed by atoms with Crippen LogP contribution in [0.25, 0.3) is 0 Å². The van der Waals surface area contributed by atoms with Gasteiger partial charge in [0, 0.05) is 0 Å². The van der Waals surface area contributed by atoms with E-state index in [-0.39, 0.29) is 18.0 Å². The Kier molecular flexibility index (Phi) is 4.15. The van der Waals surface area contributed by atoms with Crippen molar-refractivity contribution in [2.75, 3.05) is 13.2 Å². The Balaban J connectivity index is 1.43. The number of carbonyl (C=O) groups excluding carboxylic acids is 1. The summed E-state index contributed by atoms with van der Waals surface area (Å²) in [6.45, 7) is 2.96. The predicted octanol–water partition coefficient (Wildman–Crippen LogP) is 2.10. The van der Waals surface area contributed by atoms with E-state index in [0.29, 0.717) is 26.0 Å². The summed E-state index contributed by atoms with van der Waals surface area (Å²) in [6.07, 6.45) is 3.88. The molecule has 1 aromatic rings. The number of aliphatic hydroxyl groups is 1. The lowest BCUT2D eigenvalue weighted by atomic mass is 9.79. The smallest absolute Gasteiger partial charge is 0.298 e. The molecule has 1 saturated heterocycles. The van der Waals surface area contributed by atoms with Crippen LogP contribution in [0.1, 0.15) is 38.2 Å². The van der Waals surface area contributed by atoms with Gasteiger partial charge in [-0.15, -0.1) is 0 Å². The fourth-order valence-corrected chi connectivity index (χ4v) is 3.99. The summed E-state index contributed by atoms with van der Waals surface area (Å²) in [6, 6.07) is 8.25. The maximum absolute atomic E-state index is 12.2. The first-order valence-corrected chi connectivity index (χ1v) is 9.11. The molecule has 0 aromatic heterocycles. The third-order valence-corrected chi connectivity index (χ3v) is 5.47. The van der Waals surface area contributed by atoms with Gasteiger partial charge in [0.15, 0.2) is 11.8 Å². The number of nitrogens with zero attached hydrogens (tertiary/aromatic N) is 2. The molecule has 6 nitrogen and oxygen atoms in total. The van der Waals surface area contributed by atoms with E-state index in [1.165, 1.54) is 5.56 Å². The lowest BCUT2D eigenvalue weighted by Crippen LogP contribution is -2.61. The van der Waals surface area contributed by atoms with Crippen LogP contribution >= 0.6 is 0 Å². The van der Waals surface area contributed by atoms with E-state index < -0.39 is 11.6 Å². The molecule has 1 aromatic carbocycles. The highest BCUT2D eigenvalue weighted by Crippen LogP contribution is 2.42. The summed E-state index contributed by atoms with van der Waals surface area (Å²) in [5.74, 6) is 0.0953. The summed E-state index contributed by atoms with van der Waals surface area (Å²) in [5.41, 5.74) is 0.115. The summed E-state index contributed by atoms with van der Waals surface area (Å²) < 4.78 is 11.6. The number of fused-ring (bicyclic) bond motifs is 3. The molecule has 1 N–H and O–H groups in total. The maximum Gasteiger partial charge on any atom is 0.298 e. The molecule has 0 spiro atoms. The Morgan fingerprint density at radius 2 is 2.16 bits per heavy atom. The van der Waals surface area contributed by atoms with Crippen molar-refractivity contribution >= 4 is 11.9 Å². The number of aryl methyl sites for hydroxylation is 1. The molecule has 2 heterocycles. The lowest BCUT2D eigenvalue weighted by Gasteiger charge is -2.46. The van der Waals surface area contributed by atoms with Gasteiger partial charge < -0.3 is 14.6 Å². The first-order chi connectivity index (χ1) is 12.1. The van der Waals surface area contributed by atoms with Gasteiger partial charge in [-0.1, -0.05) is 25.5 Å². The number of hydrogen-bond donors (Lipinski definition) is 1. The van der Waals surface area contributed by atoms with Crippen LogP contribution in [0.5, 0.6) is 5.75 Å². The largest absolute Gasteiger partial charge is 0.490 e. The standard InChI is InChI=1S/C19H24N2O4/c1-2-13-6-8-14(9-7-13)24-12-15-11-21-18(25-15)20-17(22)16-5-3-4-10-19(16,21)23/h6-9,15-16,23H,2-5,10-12H2,1H3. The minimum Gasteiger partial charge on any atom is -0.490 e. The fourth-order valence-electron chi connectivity index (χ4n) is 3.99. The Labute approximate surface area is 147 Å². The summed E-state index contributed by atoms with van der Waals surface area (Å²) in [7, 11) is 0. The molecule has 4 rings (SSSR count). The van der Waals surface area contributed by atoms with Gasteiger partial charge in [0.1, 0.15) is 12.4 Å². The van der Waals surface area contributed by atoms with Crippen molar-refractivity contribution in [2.45, 2.75) is 50.9 Å². The number of hydrogen-bond acceptors (Lipinski definition) is 5.